The second-order valence-electron chi connectivity index (χ2n) is 5.26. The van der Waals surface area contributed by atoms with E-state index in [1.54, 1.807) is 10.4 Å². The molecular weight excluding hydrogens is 252 g/mol. The van der Waals surface area contributed by atoms with Crippen LogP contribution in [0.25, 0.3) is 0 Å². The average molecular weight is 272 g/mol. The number of hydrogen-bond acceptors (Lipinski definition) is 3. The van der Waals surface area contributed by atoms with E-state index in [2.05, 4.69) is 42.7 Å². The monoisotopic (exact) mass is 272 g/mol. The van der Waals surface area contributed by atoms with Crippen LogP contribution in [0, 0.1) is 6.92 Å². The molecule has 19 heavy (non-hydrogen) atoms. The smallest absolute Gasteiger partial charge is 0.0805 e. The van der Waals surface area contributed by atoms with E-state index in [1.807, 2.05) is 11.3 Å². The van der Waals surface area contributed by atoms with Gasteiger partial charge in [-0.05, 0) is 55.4 Å². The molecule has 0 spiro atoms. The van der Waals surface area contributed by atoms with Gasteiger partial charge in [0.05, 0.1) is 6.04 Å². The Morgan fingerprint density at radius 1 is 1.21 bits per heavy atom. The van der Waals surface area contributed by atoms with Gasteiger partial charge in [0, 0.05) is 9.75 Å². The van der Waals surface area contributed by atoms with Gasteiger partial charge in [0.15, 0.2) is 0 Å². The summed E-state index contributed by atoms with van der Waals surface area (Å²) in [6.45, 7) is 2.15. The zero-order chi connectivity index (χ0) is 13.2. The van der Waals surface area contributed by atoms with Crippen LogP contribution in [0.5, 0.6) is 0 Å². The molecule has 1 aliphatic carbocycles. The number of nitrogens with one attached hydrogen (secondary N) is 1. The first-order valence-corrected chi connectivity index (χ1v) is 7.74. The molecule has 100 valence electrons. The van der Waals surface area contributed by atoms with Crippen LogP contribution in [-0.2, 0) is 12.8 Å². The van der Waals surface area contributed by atoms with Crippen molar-refractivity contribution < 1.29 is 0 Å². The number of hydrazine groups is 1. The minimum atomic E-state index is 0.122. The molecule has 2 aromatic rings. The van der Waals surface area contributed by atoms with Crippen molar-refractivity contribution in [2.75, 3.05) is 0 Å². The Kier molecular flexibility index (Phi) is 3.69. The SMILES string of the molecule is Cc1ccccc1C(NN)c1cc2c(s1)CCCC2. The van der Waals surface area contributed by atoms with Crippen molar-refractivity contribution in [1.29, 1.82) is 0 Å². The van der Waals surface area contributed by atoms with Crippen molar-refractivity contribution in [3.63, 3.8) is 0 Å². The lowest BCUT2D eigenvalue weighted by atomic mass is 9.96. The predicted octanol–water partition coefficient (Wildman–Crippen LogP) is 3.49. The second-order valence-corrected chi connectivity index (χ2v) is 6.43. The minimum absolute atomic E-state index is 0.122. The molecule has 0 radical (unpaired) electrons. The summed E-state index contributed by atoms with van der Waals surface area (Å²) < 4.78 is 0. The first-order valence-electron chi connectivity index (χ1n) is 6.92. The van der Waals surface area contributed by atoms with Gasteiger partial charge in [-0.2, -0.15) is 0 Å². The molecule has 1 heterocycles. The van der Waals surface area contributed by atoms with Crippen molar-refractivity contribution in [2.45, 2.75) is 38.6 Å². The highest BCUT2D eigenvalue weighted by Gasteiger charge is 2.20. The normalized spacial score (nSPS) is 16.1. The molecule has 0 aliphatic heterocycles. The van der Waals surface area contributed by atoms with Crippen molar-refractivity contribution in [3.05, 3.63) is 56.8 Å². The fourth-order valence-electron chi connectivity index (χ4n) is 2.89. The highest BCUT2D eigenvalue weighted by atomic mass is 32.1. The molecule has 0 fully saturated rings. The summed E-state index contributed by atoms with van der Waals surface area (Å²) in [4.78, 5) is 2.92. The van der Waals surface area contributed by atoms with Gasteiger partial charge < -0.3 is 0 Å². The fourth-order valence-corrected chi connectivity index (χ4v) is 4.23. The number of rotatable bonds is 3. The second kappa shape index (κ2) is 5.45. The summed E-state index contributed by atoms with van der Waals surface area (Å²) in [5.74, 6) is 5.82. The standard InChI is InChI=1S/C16H20N2S/c1-11-6-2-4-8-13(11)16(18-17)15-10-12-7-3-5-9-14(12)19-15/h2,4,6,8,10,16,18H,3,5,7,9,17H2,1H3. The van der Waals surface area contributed by atoms with Crippen molar-refractivity contribution in [1.82, 2.24) is 5.43 Å². The molecule has 0 saturated carbocycles. The fraction of sp³-hybridized carbons (Fsp3) is 0.375. The molecule has 1 aromatic heterocycles. The Morgan fingerprint density at radius 2 is 2.00 bits per heavy atom. The van der Waals surface area contributed by atoms with Gasteiger partial charge >= 0.3 is 0 Å². The predicted molar refractivity (Wildman–Crippen MR) is 81.3 cm³/mol. The highest BCUT2D eigenvalue weighted by molar-refractivity contribution is 7.12. The minimum Gasteiger partial charge on any atom is -0.271 e. The molecule has 0 bridgehead atoms. The molecular formula is C16H20N2S. The Labute approximate surface area is 118 Å². The molecule has 3 N–H and O–H groups in total. The maximum absolute atomic E-state index is 5.82. The molecule has 1 atom stereocenters. The Morgan fingerprint density at radius 3 is 2.74 bits per heavy atom. The highest BCUT2D eigenvalue weighted by Crippen LogP contribution is 2.35. The molecule has 2 nitrogen and oxygen atoms in total. The first kappa shape index (κ1) is 12.9. The lowest BCUT2D eigenvalue weighted by Gasteiger charge is -2.17. The van der Waals surface area contributed by atoms with Gasteiger partial charge in [-0.15, -0.1) is 11.3 Å². The van der Waals surface area contributed by atoms with Crippen LogP contribution >= 0.6 is 11.3 Å². The lowest BCUT2D eigenvalue weighted by molar-refractivity contribution is 0.642. The van der Waals surface area contributed by atoms with E-state index < -0.39 is 0 Å². The number of thiophene rings is 1. The number of benzene rings is 1. The zero-order valence-electron chi connectivity index (χ0n) is 11.3. The van der Waals surface area contributed by atoms with Crippen LogP contribution < -0.4 is 11.3 Å². The Balaban J connectivity index is 1.98. The van der Waals surface area contributed by atoms with Gasteiger partial charge in [-0.3, -0.25) is 5.84 Å². The van der Waals surface area contributed by atoms with E-state index in [0.29, 0.717) is 0 Å². The van der Waals surface area contributed by atoms with E-state index in [9.17, 15) is 0 Å². The van der Waals surface area contributed by atoms with Gasteiger partial charge in [-0.1, -0.05) is 24.3 Å². The summed E-state index contributed by atoms with van der Waals surface area (Å²) in [5, 5.41) is 0. The topological polar surface area (TPSA) is 38.0 Å². The summed E-state index contributed by atoms with van der Waals surface area (Å²) in [6, 6.07) is 10.9. The summed E-state index contributed by atoms with van der Waals surface area (Å²) in [5.41, 5.74) is 7.11. The quantitative estimate of drug-likeness (QED) is 0.663. The van der Waals surface area contributed by atoms with Crippen molar-refractivity contribution in [2.24, 2.45) is 5.84 Å². The van der Waals surface area contributed by atoms with E-state index in [4.69, 9.17) is 5.84 Å². The van der Waals surface area contributed by atoms with Gasteiger partial charge in [0.25, 0.3) is 0 Å². The van der Waals surface area contributed by atoms with Crippen LogP contribution in [0.2, 0.25) is 0 Å². The van der Waals surface area contributed by atoms with E-state index in [0.717, 1.165) is 0 Å². The van der Waals surface area contributed by atoms with Crippen LogP contribution in [0.1, 0.15) is 45.3 Å². The third-order valence-corrected chi connectivity index (χ3v) is 5.27. The van der Waals surface area contributed by atoms with E-state index >= 15 is 0 Å². The molecule has 1 aliphatic rings. The Bertz CT molecular complexity index is 550. The Hall–Kier alpha value is -1.16. The van der Waals surface area contributed by atoms with Crippen LogP contribution in [0.4, 0.5) is 0 Å². The molecule has 1 unspecified atom stereocenters. The first-order chi connectivity index (χ1) is 9.29. The average Bonchev–Trinajstić information content (AvgIpc) is 2.85. The number of hydrogen-bond donors (Lipinski definition) is 2. The lowest BCUT2D eigenvalue weighted by Crippen LogP contribution is -2.28. The van der Waals surface area contributed by atoms with Crippen LogP contribution in [0.3, 0.4) is 0 Å². The largest absolute Gasteiger partial charge is 0.271 e. The molecule has 0 saturated heterocycles. The van der Waals surface area contributed by atoms with Crippen molar-refractivity contribution in [3.8, 4) is 0 Å². The van der Waals surface area contributed by atoms with E-state index in [-0.39, 0.29) is 6.04 Å². The maximum Gasteiger partial charge on any atom is 0.0805 e. The van der Waals surface area contributed by atoms with Crippen LogP contribution in [0.15, 0.2) is 30.3 Å². The zero-order valence-corrected chi connectivity index (χ0v) is 12.1. The number of fused-ring (bicyclic) bond motifs is 1. The summed E-state index contributed by atoms with van der Waals surface area (Å²) in [7, 11) is 0. The molecule has 0 amide bonds. The molecule has 3 rings (SSSR count). The van der Waals surface area contributed by atoms with Crippen LogP contribution in [-0.4, -0.2) is 0 Å². The summed E-state index contributed by atoms with van der Waals surface area (Å²) >= 11 is 1.93. The molecule has 3 heteroatoms. The third kappa shape index (κ3) is 2.46. The van der Waals surface area contributed by atoms with E-state index in [1.165, 1.54) is 41.7 Å². The van der Waals surface area contributed by atoms with Crippen molar-refractivity contribution >= 4 is 11.3 Å². The number of aryl methyl sites for hydroxylation is 3. The van der Waals surface area contributed by atoms with Gasteiger partial charge in [-0.25, -0.2) is 5.43 Å². The van der Waals surface area contributed by atoms with Gasteiger partial charge in [0.2, 0.25) is 0 Å². The number of nitrogens with two attached hydrogens (primary N) is 1. The summed E-state index contributed by atoms with van der Waals surface area (Å²) in [6.07, 6.45) is 5.13. The van der Waals surface area contributed by atoms with Gasteiger partial charge in [0.1, 0.15) is 0 Å². The third-order valence-electron chi connectivity index (χ3n) is 3.97. The molecule has 1 aromatic carbocycles. The maximum atomic E-state index is 5.82.